The molecule has 4 aliphatic heterocycles. The minimum atomic E-state index is -0.850. The second-order valence-electron chi connectivity index (χ2n) is 18.8. The lowest BCUT2D eigenvalue weighted by molar-refractivity contribution is -0.129. The smallest absolute Gasteiger partial charge is 0.410 e. The number of benzene rings is 2. The van der Waals surface area contributed by atoms with Crippen molar-refractivity contribution in [2.75, 3.05) is 42.6 Å². The molecule has 2 N–H and O–H groups in total. The van der Waals surface area contributed by atoms with Gasteiger partial charge in [0, 0.05) is 71.9 Å². The van der Waals surface area contributed by atoms with E-state index in [0.29, 0.717) is 23.1 Å². The number of aromatic amines is 1. The maximum atomic E-state index is 13.9. The highest BCUT2D eigenvalue weighted by Crippen LogP contribution is 2.52. The number of ether oxygens (including phenoxy) is 2. The molecule has 2 aromatic carbocycles. The Bertz CT molecular complexity index is 2480. The highest BCUT2D eigenvalue weighted by atomic mass is 35.5. The summed E-state index contributed by atoms with van der Waals surface area (Å²) in [6.07, 6.45) is 8.92. The fourth-order valence-electron chi connectivity index (χ4n) is 10.6. The van der Waals surface area contributed by atoms with Crippen molar-refractivity contribution in [1.82, 2.24) is 29.3 Å². The van der Waals surface area contributed by atoms with Crippen LogP contribution >= 0.6 is 23.2 Å². The summed E-state index contributed by atoms with van der Waals surface area (Å²) >= 11 is 13.2. The first-order valence-corrected chi connectivity index (χ1v) is 23.9. The molecule has 0 saturated carbocycles. The number of hydrogen-bond acceptors (Lipinski definition) is 9. The number of likely N-dealkylation sites (tertiary alicyclic amines) is 2. The fraction of sp³-hybridized carbons (Fsp3) is 0.542. The molecule has 17 heteroatoms. The van der Waals surface area contributed by atoms with Gasteiger partial charge >= 0.3 is 12.2 Å². The van der Waals surface area contributed by atoms with Gasteiger partial charge in [-0.25, -0.2) is 19.6 Å². The molecule has 0 bridgehead atoms. The second-order valence-corrected chi connectivity index (χ2v) is 19.6. The number of amides is 4. The number of nitrogens with one attached hydrogen (secondary N) is 1. The van der Waals surface area contributed by atoms with Crippen molar-refractivity contribution in [2.24, 2.45) is 0 Å². The van der Waals surface area contributed by atoms with E-state index in [1.54, 1.807) is 25.7 Å². The zero-order chi connectivity index (χ0) is 45.8. The van der Waals surface area contributed by atoms with Crippen molar-refractivity contribution in [1.29, 1.82) is 0 Å². The van der Waals surface area contributed by atoms with Gasteiger partial charge in [0.15, 0.2) is 0 Å². The molecular weight excluding hydrogens is 871 g/mol. The maximum Gasteiger partial charge on any atom is 0.410 e. The summed E-state index contributed by atoms with van der Waals surface area (Å²) in [5.41, 5.74) is 6.25. The molecule has 2 fully saturated rings. The third-order valence-electron chi connectivity index (χ3n) is 13.6. The molecule has 0 radical (unpaired) electrons. The number of carbonyl (C=O) groups is 4. The van der Waals surface area contributed by atoms with Crippen LogP contribution in [0.2, 0.25) is 10.0 Å². The number of rotatable bonds is 10. The first-order valence-electron chi connectivity index (χ1n) is 23.1. The van der Waals surface area contributed by atoms with E-state index in [2.05, 4.69) is 9.55 Å². The molecule has 15 nitrogen and oxygen atoms in total. The number of imidazole rings is 2. The van der Waals surface area contributed by atoms with Crippen LogP contribution in [0.4, 0.5) is 21.0 Å². The van der Waals surface area contributed by atoms with Crippen LogP contribution in [0.15, 0.2) is 36.4 Å². The first-order chi connectivity index (χ1) is 31.2. The van der Waals surface area contributed by atoms with E-state index >= 15 is 0 Å². The molecule has 0 unspecified atom stereocenters. The number of unbranched alkanes of at least 4 members (excludes halogenated alkanes) is 1. The Labute approximate surface area is 389 Å². The Morgan fingerprint density at radius 1 is 0.723 bits per heavy atom. The molecule has 2 spiro atoms. The summed E-state index contributed by atoms with van der Waals surface area (Å²) in [7, 11) is 0. The molecule has 4 aromatic rings. The number of aliphatic hydroxyl groups is 1. The zero-order valence-corrected chi connectivity index (χ0v) is 39.1. The second kappa shape index (κ2) is 17.9. The van der Waals surface area contributed by atoms with Crippen LogP contribution in [0.5, 0.6) is 0 Å². The Balaban J connectivity index is 0.000000166. The molecule has 346 valence electrons. The number of fused-ring (bicyclic) bond motifs is 6. The Morgan fingerprint density at radius 3 is 1.78 bits per heavy atom. The number of anilines is 2. The number of nitrogens with zero attached hydrogens (tertiary/aromatic N) is 7. The van der Waals surface area contributed by atoms with Gasteiger partial charge in [0.2, 0.25) is 11.8 Å². The molecule has 6 heterocycles. The normalized spacial score (nSPS) is 18.6. The Morgan fingerprint density at radius 2 is 1.25 bits per heavy atom. The van der Waals surface area contributed by atoms with E-state index in [4.69, 9.17) is 42.6 Å². The van der Waals surface area contributed by atoms with Crippen LogP contribution in [0.25, 0.3) is 0 Å². The van der Waals surface area contributed by atoms with Crippen molar-refractivity contribution in [3.63, 3.8) is 0 Å². The molecule has 10 rings (SSSR count). The van der Waals surface area contributed by atoms with Gasteiger partial charge < -0.3 is 43.7 Å². The minimum absolute atomic E-state index is 0.0337. The van der Waals surface area contributed by atoms with Crippen molar-refractivity contribution in [3.8, 4) is 0 Å². The highest BCUT2D eigenvalue weighted by molar-refractivity contribution is 6.34. The quantitative estimate of drug-likeness (QED) is 0.154. The molecule has 4 amide bonds. The van der Waals surface area contributed by atoms with Crippen LogP contribution in [0.1, 0.15) is 112 Å². The average molecular weight is 930 g/mol. The molecule has 2 saturated heterocycles. The Hall–Kier alpha value is -5.12. The number of aromatic nitrogens is 4. The van der Waals surface area contributed by atoms with Gasteiger partial charge in [-0.05, 0) is 116 Å². The number of aliphatic hydroxyl groups excluding tert-OH is 1. The number of aryl methyl sites for hydroxylation is 3. The third-order valence-corrected chi connectivity index (χ3v) is 14.2. The van der Waals surface area contributed by atoms with Crippen LogP contribution in [0, 0.1) is 0 Å². The highest BCUT2D eigenvalue weighted by Gasteiger charge is 2.62. The van der Waals surface area contributed by atoms with E-state index in [9.17, 15) is 24.3 Å². The number of halogens is 2. The molecule has 0 atom stereocenters. The largest absolute Gasteiger partial charge is 0.447 e. The van der Waals surface area contributed by atoms with Crippen LogP contribution in [0.3, 0.4) is 0 Å². The van der Waals surface area contributed by atoms with Gasteiger partial charge in [-0.1, -0.05) is 35.3 Å². The SMILES string of the molecule is CC(C)OC(=O)N1CC2(C1)C(=O)N(Cc1nc3c([nH]1)CCCC3)c1cccc(Cl)c12.CC(C)OC(=O)N1CC2(C1)C(=O)N(Cc1nc3c(n1CCCCO)CCCC3)c1cccc(Cl)c12. The van der Waals surface area contributed by atoms with E-state index in [1.165, 1.54) is 17.8 Å². The monoisotopic (exact) mass is 928 g/mol. The molecule has 65 heavy (non-hydrogen) atoms. The first kappa shape index (κ1) is 45.1. The summed E-state index contributed by atoms with van der Waals surface area (Å²) in [6, 6.07) is 11.2. The third kappa shape index (κ3) is 8.04. The molecule has 6 aliphatic rings. The van der Waals surface area contributed by atoms with Crippen molar-refractivity contribution in [3.05, 3.63) is 92.0 Å². The van der Waals surface area contributed by atoms with Crippen LogP contribution in [-0.4, -0.2) is 103 Å². The van der Waals surface area contributed by atoms with E-state index in [-0.39, 0.29) is 56.8 Å². The van der Waals surface area contributed by atoms with E-state index in [1.807, 2.05) is 58.0 Å². The lowest BCUT2D eigenvalue weighted by Gasteiger charge is -2.46. The van der Waals surface area contributed by atoms with Gasteiger partial charge in [0.1, 0.15) is 22.5 Å². The number of carbonyl (C=O) groups excluding carboxylic acids is 4. The van der Waals surface area contributed by atoms with E-state index in [0.717, 1.165) is 110 Å². The molecular formula is C48H58Cl2N8O7. The average Bonchev–Trinajstić information content (AvgIpc) is 3.95. The van der Waals surface area contributed by atoms with E-state index < -0.39 is 23.0 Å². The van der Waals surface area contributed by atoms with Crippen molar-refractivity contribution in [2.45, 2.75) is 135 Å². The van der Waals surface area contributed by atoms with Gasteiger partial charge in [0.05, 0.1) is 48.1 Å². The fourth-order valence-corrected chi connectivity index (χ4v) is 11.3. The molecule has 2 aliphatic carbocycles. The van der Waals surface area contributed by atoms with Gasteiger partial charge in [0.25, 0.3) is 0 Å². The van der Waals surface area contributed by atoms with Crippen molar-refractivity contribution < 1.29 is 33.8 Å². The Kier molecular flexibility index (Phi) is 12.4. The maximum absolute atomic E-state index is 13.9. The summed E-state index contributed by atoms with van der Waals surface area (Å²) in [6.45, 7) is 9.99. The predicted molar refractivity (Wildman–Crippen MR) is 245 cm³/mol. The number of H-pyrrole nitrogens is 1. The van der Waals surface area contributed by atoms with Crippen LogP contribution < -0.4 is 9.80 Å². The lowest BCUT2D eigenvalue weighted by atomic mass is 9.75. The standard InChI is InChI=1S/C26H33ClN4O4.C22H25ClN4O3/c1-17(2)35-25(34)29-15-26(16-29)23-18(27)8-7-11-21(23)31(24(26)33)14-22-28-19-9-3-4-10-20(19)30(22)12-5-6-13-32;1-13(2)30-21(29)26-11-22(12-26)19-14(23)6-5-9-17(19)27(20(22)28)10-18-24-15-7-3-4-8-16(15)25-18/h7-8,11,17,32H,3-6,9-10,12-16H2,1-2H3;5-6,9,13H,3-4,7-8,10-12H2,1-2H3,(H,24,25). The number of hydrogen-bond donors (Lipinski definition) is 2. The topological polar surface area (TPSA) is 166 Å². The van der Waals surface area contributed by atoms with Gasteiger partial charge in [-0.15, -0.1) is 0 Å². The summed E-state index contributed by atoms with van der Waals surface area (Å²) in [5.74, 6) is 1.60. The van der Waals surface area contributed by atoms with Gasteiger partial charge in [-0.3, -0.25) is 9.59 Å². The minimum Gasteiger partial charge on any atom is -0.447 e. The summed E-state index contributed by atoms with van der Waals surface area (Å²) in [4.78, 5) is 72.1. The zero-order valence-electron chi connectivity index (χ0n) is 37.6. The summed E-state index contributed by atoms with van der Waals surface area (Å²) in [5, 5.41) is 10.4. The van der Waals surface area contributed by atoms with Gasteiger partial charge in [-0.2, -0.15) is 0 Å². The van der Waals surface area contributed by atoms with Crippen molar-refractivity contribution >= 4 is 58.6 Å². The molecule has 2 aromatic heterocycles. The van der Waals surface area contributed by atoms with Crippen LogP contribution in [-0.2, 0) is 75.2 Å². The summed E-state index contributed by atoms with van der Waals surface area (Å²) < 4.78 is 12.9. The lowest BCUT2D eigenvalue weighted by Crippen LogP contribution is -2.65. The predicted octanol–water partition coefficient (Wildman–Crippen LogP) is 7.42.